The average Bonchev–Trinajstić information content (AvgIpc) is 2.62. The molecule has 0 radical (unpaired) electrons. The summed E-state index contributed by atoms with van der Waals surface area (Å²) < 4.78 is 33.6. The molecule has 1 N–H and O–H groups in total. The highest BCUT2D eigenvalue weighted by atomic mass is 79.9. The Labute approximate surface area is 157 Å². The number of sulfonamides is 1. The lowest BCUT2D eigenvalue weighted by Gasteiger charge is -2.26. The maximum Gasteiger partial charge on any atom is 0.240 e. The van der Waals surface area contributed by atoms with E-state index in [4.69, 9.17) is 4.74 Å². The van der Waals surface area contributed by atoms with Crippen LogP contribution in [-0.4, -0.2) is 39.6 Å². The van der Waals surface area contributed by atoms with Crippen LogP contribution in [0, 0.1) is 0 Å². The Morgan fingerprint density at radius 3 is 2.44 bits per heavy atom. The highest BCUT2D eigenvalue weighted by Gasteiger charge is 2.14. The van der Waals surface area contributed by atoms with Crippen LogP contribution in [0.25, 0.3) is 0 Å². The fourth-order valence-corrected chi connectivity index (χ4v) is 4.01. The minimum atomic E-state index is -3.51. The molecule has 3 rings (SSSR count). The zero-order valence-corrected chi connectivity index (χ0v) is 16.2. The van der Waals surface area contributed by atoms with Crippen molar-refractivity contribution < 1.29 is 13.2 Å². The van der Waals surface area contributed by atoms with Crippen molar-refractivity contribution in [3.05, 3.63) is 64.1 Å². The monoisotopic (exact) mass is 424 g/mol. The molecule has 5 nitrogen and oxygen atoms in total. The van der Waals surface area contributed by atoms with E-state index in [9.17, 15) is 8.42 Å². The first-order chi connectivity index (χ1) is 12.0. The summed E-state index contributed by atoms with van der Waals surface area (Å²) in [6, 6.07) is 14.6. The van der Waals surface area contributed by atoms with Crippen LogP contribution in [0.5, 0.6) is 0 Å². The van der Waals surface area contributed by atoms with Crippen molar-refractivity contribution in [1.82, 2.24) is 9.62 Å². The van der Waals surface area contributed by atoms with Crippen LogP contribution >= 0.6 is 15.9 Å². The summed E-state index contributed by atoms with van der Waals surface area (Å²) in [5.74, 6) is 0. The second kappa shape index (κ2) is 8.42. The molecule has 0 bridgehead atoms. The lowest BCUT2D eigenvalue weighted by molar-refractivity contribution is 0.0342. The summed E-state index contributed by atoms with van der Waals surface area (Å²) in [6.45, 7) is 4.53. The molecule has 1 aliphatic rings. The summed E-state index contributed by atoms with van der Waals surface area (Å²) >= 11 is 3.31. The highest BCUT2D eigenvalue weighted by Crippen LogP contribution is 2.15. The van der Waals surface area contributed by atoms with E-state index in [0.717, 1.165) is 42.9 Å². The Hall–Kier alpha value is -1.25. The quantitative estimate of drug-likeness (QED) is 0.774. The van der Waals surface area contributed by atoms with E-state index in [1.54, 1.807) is 24.3 Å². The van der Waals surface area contributed by atoms with Gasteiger partial charge in [0.15, 0.2) is 0 Å². The molecule has 0 spiro atoms. The van der Waals surface area contributed by atoms with Gasteiger partial charge in [-0.1, -0.05) is 40.2 Å². The number of nitrogens with zero attached hydrogens (tertiary/aromatic N) is 1. The first kappa shape index (κ1) is 18.5. The molecule has 0 saturated carbocycles. The molecule has 1 saturated heterocycles. The summed E-state index contributed by atoms with van der Waals surface area (Å²) in [7, 11) is -3.51. The zero-order valence-electron chi connectivity index (χ0n) is 13.8. The van der Waals surface area contributed by atoms with Crippen molar-refractivity contribution in [2.45, 2.75) is 18.0 Å². The molecule has 7 heteroatoms. The maximum absolute atomic E-state index is 12.4. The molecular weight excluding hydrogens is 404 g/mol. The second-order valence-corrected chi connectivity index (χ2v) is 8.67. The topological polar surface area (TPSA) is 58.6 Å². The molecule has 0 aliphatic carbocycles. The molecule has 0 unspecified atom stereocenters. The van der Waals surface area contributed by atoms with Gasteiger partial charge in [0.25, 0.3) is 0 Å². The van der Waals surface area contributed by atoms with Crippen LogP contribution in [0.15, 0.2) is 57.9 Å². The Morgan fingerprint density at radius 1 is 1.04 bits per heavy atom. The van der Waals surface area contributed by atoms with Gasteiger partial charge in [0.05, 0.1) is 18.1 Å². The Morgan fingerprint density at radius 2 is 1.72 bits per heavy atom. The summed E-state index contributed by atoms with van der Waals surface area (Å²) in [5, 5.41) is 0. The lowest BCUT2D eigenvalue weighted by atomic mass is 10.1. The van der Waals surface area contributed by atoms with Gasteiger partial charge in [-0.05, 0) is 35.4 Å². The molecule has 0 aromatic heterocycles. The second-order valence-electron chi connectivity index (χ2n) is 5.99. The van der Waals surface area contributed by atoms with Gasteiger partial charge in [-0.15, -0.1) is 0 Å². The van der Waals surface area contributed by atoms with E-state index in [1.165, 1.54) is 5.56 Å². The molecule has 0 atom stereocenters. The molecule has 134 valence electrons. The minimum absolute atomic E-state index is 0.264. The SMILES string of the molecule is O=S(=O)(NCc1cccc(CN2CCOCC2)c1)c1ccc(Br)cc1. The predicted molar refractivity (Wildman–Crippen MR) is 101 cm³/mol. The zero-order chi connectivity index (χ0) is 17.7. The molecule has 25 heavy (non-hydrogen) atoms. The summed E-state index contributed by atoms with van der Waals surface area (Å²) in [4.78, 5) is 2.61. The third-order valence-electron chi connectivity index (χ3n) is 4.09. The van der Waals surface area contributed by atoms with Crippen molar-refractivity contribution in [2.75, 3.05) is 26.3 Å². The van der Waals surface area contributed by atoms with E-state index in [0.29, 0.717) is 0 Å². The first-order valence-corrected chi connectivity index (χ1v) is 10.4. The molecular formula is C18H21BrN2O3S. The largest absolute Gasteiger partial charge is 0.379 e. The van der Waals surface area contributed by atoms with Gasteiger partial charge in [-0.2, -0.15) is 0 Å². The molecule has 0 amide bonds. The Balaban J connectivity index is 1.62. The van der Waals surface area contributed by atoms with Crippen molar-refractivity contribution in [3.8, 4) is 0 Å². The first-order valence-electron chi connectivity index (χ1n) is 8.16. The van der Waals surface area contributed by atoms with E-state index in [-0.39, 0.29) is 11.4 Å². The van der Waals surface area contributed by atoms with Crippen LogP contribution < -0.4 is 4.72 Å². The number of morpholine rings is 1. The van der Waals surface area contributed by atoms with E-state index in [2.05, 4.69) is 37.7 Å². The van der Waals surface area contributed by atoms with Crippen molar-refractivity contribution >= 4 is 26.0 Å². The van der Waals surface area contributed by atoms with Gasteiger partial charge >= 0.3 is 0 Å². The van der Waals surface area contributed by atoms with Crippen LogP contribution in [0.1, 0.15) is 11.1 Å². The molecule has 2 aromatic carbocycles. The van der Waals surface area contributed by atoms with Gasteiger partial charge in [0.2, 0.25) is 10.0 Å². The van der Waals surface area contributed by atoms with Gasteiger partial charge in [-0.25, -0.2) is 13.1 Å². The van der Waals surface area contributed by atoms with Crippen molar-refractivity contribution in [1.29, 1.82) is 0 Å². The van der Waals surface area contributed by atoms with Gasteiger partial charge in [0, 0.05) is 30.7 Å². The predicted octanol–water partition coefficient (Wildman–Crippen LogP) is 2.76. The van der Waals surface area contributed by atoms with E-state index >= 15 is 0 Å². The number of nitrogens with one attached hydrogen (secondary N) is 1. The van der Waals surface area contributed by atoms with E-state index < -0.39 is 10.0 Å². The van der Waals surface area contributed by atoms with Crippen molar-refractivity contribution in [3.63, 3.8) is 0 Å². The fourth-order valence-electron chi connectivity index (χ4n) is 2.73. The average molecular weight is 425 g/mol. The van der Waals surface area contributed by atoms with Crippen LogP contribution in [0.3, 0.4) is 0 Å². The Bertz CT molecular complexity index is 803. The van der Waals surface area contributed by atoms with Gasteiger partial charge < -0.3 is 4.74 Å². The normalized spacial score (nSPS) is 16.0. The van der Waals surface area contributed by atoms with Crippen LogP contribution in [-0.2, 0) is 27.8 Å². The standard InChI is InChI=1S/C18H21BrN2O3S/c19-17-4-6-18(7-5-17)25(22,23)20-13-15-2-1-3-16(12-15)14-21-8-10-24-11-9-21/h1-7,12,20H,8-11,13-14H2. The smallest absolute Gasteiger partial charge is 0.240 e. The highest BCUT2D eigenvalue weighted by molar-refractivity contribution is 9.10. The van der Waals surface area contributed by atoms with Gasteiger partial charge in [-0.3, -0.25) is 4.90 Å². The molecule has 2 aromatic rings. The molecule has 1 heterocycles. The fraction of sp³-hybridized carbons (Fsp3) is 0.333. The number of halogens is 1. The molecule has 1 fully saturated rings. The number of ether oxygens (including phenoxy) is 1. The number of hydrogen-bond acceptors (Lipinski definition) is 4. The molecule has 1 aliphatic heterocycles. The number of benzene rings is 2. The maximum atomic E-state index is 12.4. The van der Waals surface area contributed by atoms with Crippen LogP contribution in [0.4, 0.5) is 0 Å². The Kier molecular flexibility index (Phi) is 6.24. The minimum Gasteiger partial charge on any atom is -0.379 e. The van der Waals surface area contributed by atoms with Crippen LogP contribution in [0.2, 0.25) is 0 Å². The lowest BCUT2D eigenvalue weighted by Crippen LogP contribution is -2.35. The van der Waals surface area contributed by atoms with Crippen molar-refractivity contribution in [2.24, 2.45) is 0 Å². The number of rotatable bonds is 6. The van der Waals surface area contributed by atoms with E-state index in [1.807, 2.05) is 12.1 Å². The third-order valence-corrected chi connectivity index (χ3v) is 6.04. The number of hydrogen-bond donors (Lipinski definition) is 1. The summed E-state index contributed by atoms with van der Waals surface area (Å²) in [5.41, 5.74) is 2.13. The summed E-state index contributed by atoms with van der Waals surface area (Å²) in [6.07, 6.45) is 0. The third kappa shape index (κ3) is 5.36. The van der Waals surface area contributed by atoms with Gasteiger partial charge in [0.1, 0.15) is 0 Å².